The molecule has 3 nitrogen and oxygen atoms in total. The van der Waals surface area contributed by atoms with E-state index < -0.39 is 5.97 Å². The zero-order valence-corrected chi connectivity index (χ0v) is 5.96. The Bertz CT molecular complexity index is 161. The zero-order valence-electron chi connectivity index (χ0n) is 5.96. The van der Waals surface area contributed by atoms with Crippen molar-refractivity contribution >= 4 is 5.97 Å². The van der Waals surface area contributed by atoms with E-state index >= 15 is 0 Å². The highest BCUT2D eigenvalue weighted by atomic mass is 16.5. The van der Waals surface area contributed by atoms with Gasteiger partial charge in [-0.3, -0.25) is 0 Å². The molecule has 0 aliphatic rings. The Hall–Kier alpha value is -1.09. The lowest BCUT2D eigenvalue weighted by Gasteiger charge is -1.94. The second kappa shape index (κ2) is 4.76. The number of carbonyl (C=O) groups is 1. The van der Waals surface area contributed by atoms with Gasteiger partial charge in [-0.1, -0.05) is 6.58 Å². The van der Waals surface area contributed by atoms with E-state index in [1.165, 1.54) is 6.26 Å². The van der Waals surface area contributed by atoms with Crippen molar-refractivity contribution in [1.82, 2.24) is 0 Å². The SMILES string of the molecule is C=C(C)C(=O)OC=CCN. The Morgan fingerprint density at radius 3 is 2.80 bits per heavy atom. The highest BCUT2D eigenvalue weighted by molar-refractivity contribution is 5.87. The summed E-state index contributed by atoms with van der Waals surface area (Å²) < 4.78 is 4.54. The lowest BCUT2D eigenvalue weighted by atomic mass is 10.4. The molecule has 0 rings (SSSR count). The molecule has 0 aliphatic heterocycles. The van der Waals surface area contributed by atoms with Crippen molar-refractivity contribution in [2.24, 2.45) is 5.73 Å². The number of hydrogen-bond acceptors (Lipinski definition) is 3. The van der Waals surface area contributed by atoms with Gasteiger partial charge in [-0.2, -0.15) is 0 Å². The van der Waals surface area contributed by atoms with E-state index in [0.29, 0.717) is 12.1 Å². The minimum atomic E-state index is -0.426. The summed E-state index contributed by atoms with van der Waals surface area (Å²) in [6.45, 7) is 5.34. The maximum atomic E-state index is 10.6. The van der Waals surface area contributed by atoms with Crippen LogP contribution in [0.1, 0.15) is 6.92 Å². The summed E-state index contributed by atoms with van der Waals surface area (Å²) >= 11 is 0. The first-order valence-electron chi connectivity index (χ1n) is 2.90. The molecule has 0 aromatic carbocycles. The molecule has 0 heterocycles. The normalized spacial score (nSPS) is 9.80. The van der Waals surface area contributed by atoms with Crippen LogP contribution >= 0.6 is 0 Å². The fraction of sp³-hybridized carbons (Fsp3) is 0.286. The predicted molar refractivity (Wildman–Crippen MR) is 39.1 cm³/mol. The first-order chi connectivity index (χ1) is 4.68. The smallest absolute Gasteiger partial charge is 0.337 e. The minimum Gasteiger partial charge on any atom is -0.431 e. The van der Waals surface area contributed by atoms with Crippen molar-refractivity contribution in [2.75, 3.05) is 6.54 Å². The van der Waals surface area contributed by atoms with Crippen LogP contribution in [0, 0.1) is 0 Å². The number of ether oxygens (including phenoxy) is 1. The lowest BCUT2D eigenvalue weighted by molar-refractivity contribution is -0.133. The minimum absolute atomic E-state index is 0.365. The van der Waals surface area contributed by atoms with Gasteiger partial charge in [-0.05, 0) is 13.0 Å². The Kier molecular flexibility index (Phi) is 4.24. The third kappa shape index (κ3) is 3.86. The number of rotatable bonds is 3. The number of esters is 1. The second-order valence-electron chi connectivity index (χ2n) is 1.79. The van der Waals surface area contributed by atoms with Crippen LogP contribution in [0.3, 0.4) is 0 Å². The van der Waals surface area contributed by atoms with Gasteiger partial charge in [0, 0.05) is 12.1 Å². The molecule has 10 heavy (non-hydrogen) atoms. The summed E-state index contributed by atoms with van der Waals surface area (Å²) in [4.78, 5) is 10.6. The molecule has 0 saturated heterocycles. The van der Waals surface area contributed by atoms with Crippen molar-refractivity contribution in [3.05, 3.63) is 24.5 Å². The summed E-state index contributed by atoms with van der Waals surface area (Å²) in [7, 11) is 0. The highest BCUT2D eigenvalue weighted by Gasteiger charge is 1.97. The molecule has 0 aromatic rings. The highest BCUT2D eigenvalue weighted by Crippen LogP contribution is 1.91. The summed E-state index contributed by atoms with van der Waals surface area (Å²) in [5, 5.41) is 0. The van der Waals surface area contributed by atoms with E-state index in [4.69, 9.17) is 5.73 Å². The first-order valence-corrected chi connectivity index (χ1v) is 2.90. The largest absolute Gasteiger partial charge is 0.431 e. The van der Waals surface area contributed by atoms with Gasteiger partial charge in [0.05, 0.1) is 6.26 Å². The van der Waals surface area contributed by atoms with E-state index in [1.54, 1.807) is 13.0 Å². The summed E-state index contributed by atoms with van der Waals surface area (Å²) in [6.07, 6.45) is 2.80. The summed E-state index contributed by atoms with van der Waals surface area (Å²) in [5.41, 5.74) is 5.47. The van der Waals surface area contributed by atoms with Crippen LogP contribution in [-0.2, 0) is 9.53 Å². The molecule has 0 saturated carbocycles. The molecule has 2 N–H and O–H groups in total. The zero-order chi connectivity index (χ0) is 7.98. The van der Waals surface area contributed by atoms with E-state index in [9.17, 15) is 4.79 Å². The van der Waals surface area contributed by atoms with Gasteiger partial charge >= 0.3 is 5.97 Å². The fourth-order valence-electron chi connectivity index (χ4n) is 0.266. The van der Waals surface area contributed by atoms with Gasteiger partial charge in [0.25, 0.3) is 0 Å². The van der Waals surface area contributed by atoms with Crippen molar-refractivity contribution in [3.63, 3.8) is 0 Å². The topological polar surface area (TPSA) is 52.3 Å². The molecule has 0 atom stereocenters. The van der Waals surface area contributed by atoms with Crippen LogP contribution in [0.25, 0.3) is 0 Å². The molecule has 0 amide bonds. The molecule has 0 radical (unpaired) electrons. The number of carbonyl (C=O) groups excluding carboxylic acids is 1. The second-order valence-corrected chi connectivity index (χ2v) is 1.79. The van der Waals surface area contributed by atoms with Gasteiger partial charge in [-0.15, -0.1) is 0 Å². The van der Waals surface area contributed by atoms with Gasteiger partial charge in [0.1, 0.15) is 0 Å². The Labute approximate surface area is 60.2 Å². The van der Waals surface area contributed by atoms with E-state index in [0.717, 1.165) is 0 Å². The third-order valence-corrected chi connectivity index (χ3v) is 0.756. The number of hydrogen-bond donors (Lipinski definition) is 1. The summed E-state index contributed by atoms with van der Waals surface area (Å²) in [6, 6.07) is 0. The van der Waals surface area contributed by atoms with Crippen LogP contribution in [0.2, 0.25) is 0 Å². The average Bonchev–Trinajstić information content (AvgIpc) is 1.88. The van der Waals surface area contributed by atoms with Gasteiger partial charge in [0.15, 0.2) is 0 Å². The van der Waals surface area contributed by atoms with E-state index in [1.807, 2.05) is 0 Å². The maximum Gasteiger partial charge on any atom is 0.337 e. The van der Waals surface area contributed by atoms with Crippen molar-refractivity contribution in [2.45, 2.75) is 6.92 Å². The van der Waals surface area contributed by atoms with Crippen LogP contribution in [0.5, 0.6) is 0 Å². The Morgan fingerprint density at radius 1 is 1.80 bits per heavy atom. The lowest BCUT2D eigenvalue weighted by Crippen LogP contribution is -2.00. The van der Waals surface area contributed by atoms with Crippen LogP contribution in [-0.4, -0.2) is 12.5 Å². The van der Waals surface area contributed by atoms with Gasteiger partial charge < -0.3 is 10.5 Å². The van der Waals surface area contributed by atoms with Gasteiger partial charge in [0.2, 0.25) is 0 Å². The Balaban J connectivity index is 3.60. The maximum absolute atomic E-state index is 10.6. The van der Waals surface area contributed by atoms with E-state index in [-0.39, 0.29) is 0 Å². The first kappa shape index (κ1) is 8.91. The van der Waals surface area contributed by atoms with Crippen LogP contribution in [0.15, 0.2) is 24.5 Å². The molecule has 0 bridgehead atoms. The van der Waals surface area contributed by atoms with E-state index in [2.05, 4.69) is 11.3 Å². The third-order valence-electron chi connectivity index (χ3n) is 0.756. The fourth-order valence-corrected chi connectivity index (χ4v) is 0.266. The molecule has 0 aromatic heterocycles. The molecule has 56 valence electrons. The summed E-state index contributed by atoms with van der Waals surface area (Å²) in [5.74, 6) is -0.426. The predicted octanol–water partition coefficient (Wildman–Crippen LogP) is 0.578. The molecule has 0 spiro atoms. The molecular weight excluding hydrogens is 130 g/mol. The standard InChI is InChI=1S/C7H11NO2/c1-6(2)7(9)10-5-3-4-8/h3,5H,1,4,8H2,2H3. The van der Waals surface area contributed by atoms with Crippen LogP contribution < -0.4 is 5.73 Å². The average molecular weight is 141 g/mol. The van der Waals surface area contributed by atoms with Crippen molar-refractivity contribution in [3.8, 4) is 0 Å². The quantitative estimate of drug-likeness (QED) is 0.355. The monoisotopic (exact) mass is 141 g/mol. The molecular formula is C7H11NO2. The molecule has 0 fully saturated rings. The van der Waals surface area contributed by atoms with Crippen LogP contribution in [0.4, 0.5) is 0 Å². The molecule has 3 heteroatoms. The van der Waals surface area contributed by atoms with Crippen molar-refractivity contribution < 1.29 is 9.53 Å². The molecule has 0 unspecified atom stereocenters. The Morgan fingerprint density at radius 2 is 2.40 bits per heavy atom. The van der Waals surface area contributed by atoms with Gasteiger partial charge in [-0.25, -0.2) is 4.79 Å². The number of nitrogens with two attached hydrogens (primary N) is 1. The molecule has 0 aliphatic carbocycles. The van der Waals surface area contributed by atoms with Crippen molar-refractivity contribution in [1.29, 1.82) is 0 Å².